The Labute approximate surface area is 103 Å². The van der Waals surface area contributed by atoms with E-state index in [1.54, 1.807) is 6.07 Å². The van der Waals surface area contributed by atoms with E-state index in [1.165, 1.54) is 17.9 Å². The third-order valence-electron chi connectivity index (χ3n) is 2.73. The SMILES string of the molecule is O=C(O)c1cc(NC2CCCSC2)ccc1F. The topological polar surface area (TPSA) is 49.3 Å². The Kier molecular flexibility index (Phi) is 3.89. The predicted octanol–water partition coefficient (Wildman–Crippen LogP) is 2.83. The first kappa shape index (κ1) is 12.2. The van der Waals surface area contributed by atoms with Crippen LogP contribution in [0.15, 0.2) is 18.2 Å². The lowest BCUT2D eigenvalue weighted by Crippen LogP contribution is -2.25. The Hall–Kier alpha value is -1.23. The second kappa shape index (κ2) is 5.40. The molecule has 1 atom stereocenters. The molecule has 0 bridgehead atoms. The van der Waals surface area contributed by atoms with Crippen LogP contribution in [0, 0.1) is 5.82 Å². The summed E-state index contributed by atoms with van der Waals surface area (Å²) < 4.78 is 13.2. The molecule has 1 aromatic carbocycles. The van der Waals surface area contributed by atoms with Gasteiger partial charge in [-0.1, -0.05) is 0 Å². The number of carboxylic acids is 1. The quantitative estimate of drug-likeness (QED) is 0.872. The van der Waals surface area contributed by atoms with Crippen molar-refractivity contribution in [2.45, 2.75) is 18.9 Å². The van der Waals surface area contributed by atoms with Gasteiger partial charge in [0.05, 0.1) is 5.56 Å². The van der Waals surface area contributed by atoms with E-state index in [9.17, 15) is 9.18 Å². The lowest BCUT2D eigenvalue weighted by molar-refractivity contribution is 0.0692. The van der Waals surface area contributed by atoms with Gasteiger partial charge in [-0.3, -0.25) is 0 Å². The number of thioether (sulfide) groups is 1. The first-order valence-corrected chi connectivity index (χ1v) is 6.69. The number of aromatic carboxylic acids is 1. The Morgan fingerprint density at radius 3 is 3.00 bits per heavy atom. The average molecular weight is 255 g/mol. The zero-order chi connectivity index (χ0) is 12.3. The number of anilines is 1. The van der Waals surface area contributed by atoms with E-state index >= 15 is 0 Å². The summed E-state index contributed by atoms with van der Waals surface area (Å²) >= 11 is 1.88. The fourth-order valence-electron chi connectivity index (χ4n) is 1.87. The number of nitrogens with one attached hydrogen (secondary N) is 1. The zero-order valence-electron chi connectivity index (χ0n) is 9.28. The van der Waals surface area contributed by atoms with Crippen LogP contribution in [0.1, 0.15) is 23.2 Å². The number of benzene rings is 1. The lowest BCUT2D eigenvalue weighted by atomic mass is 10.1. The monoisotopic (exact) mass is 255 g/mol. The molecule has 0 amide bonds. The van der Waals surface area contributed by atoms with Crippen molar-refractivity contribution >= 4 is 23.4 Å². The molecule has 1 heterocycles. The zero-order valence-corrected chi connectivity index (χ0v) is 10.1. The van der Waals surface area contributed by atoms with Gasteiger partial charge in [0.1, 0.15) is 5.82 Å². The molecule has 1 saturated heterocycles. The standard InChI is InChI=1S/C12H14FNO2S/c13-11-4-3-8(6-10(11)12(15)16)14-9-2-1-5-17-7-9/h3-4,6,9,14H,1-2,5,7H2,(H,15,16). The van der Waals surface area contributed by atoms with Crippen LogP contribution in [0.2, 0.25) is 0 Å². The van der Waals surface area contributed by atoms with Crippen LogP contribution >= 0.6 is 11.8 Å². The molecule has 0 spiro atoms. The highest BCUT2D eigenvalue weighted by Gasteiger charge is 2.15. The maximum Gasteiger partial charge on any atom is 0.338 e. The van der Waals surface area contributed by atoms with Crippen LogP contribution in [0.3, 0.4) is 0 Å². The highest BCUT2D eigenvalue weighted by Crippen LogP contribution is 2.22. The summed E-state index contributed by atoms with van der Waals surface area (Å²) in [4.78, 5) is 10.8. The minimum absolute atomic E-state index is 0.279. The van der Waals surface area contributed by atoms with Gasteiger partial charge >= 0.3 is 5.97 Å². The van der Waals surface area contributed by atoms with Crippen molar-refractivity contribution in [3.63, 3.8) is 0 Å². The van der Waals surface area contributed by atoms with Crippen molar-refractivity contribution in [3.05, 3.63) is 29.6 Å². The second-order valence-electron chi connectivity index (χ2n) is 4.06. The number of rotatable bonds is 3. The van der Waals surface area contributed by atoms with E-state index in [4.69, 9.17) is 5.11 Å². The second-order valence-corrected chi connectivity index (χ2v) is 5.21. The molecule has 0 radical (unpaired) electrons. The molecule has 3 nitrogen and oxygen atoms in total. The molecular formula is C12H14FNO2S. The molecule has 2 rings (SSSR count). The molecule has 1 unspecified atom stereocenters. The number of carboxylic acid groups (broad SMARTS) is 1. The van der Waals surface area contributed by atoms with Crippen LogP contribution < -0.4 is 5.32 Å². The summed E-state index contributed by atoms with van der Waals surface area (Å²) in [6.07, 6.45) is 2.24. The molecule has 1 aliphatic heterocycles. The number of carbonyl (C=O) groups is 1. The smallest absolute Gasteiger partial charge is 0.338 e. The predicted molar refractivity (Wildman–Crippen MR) is 67.3 cm³/mol. The molecule has 1 aliphatic rings. The van der Waals surface area contributed by atoms with Crippen molar-refractivity contribution in [1.82, 2.24) is 0 Å². The minimum atomic E-state index is -1.23. The Balaban J connectivity index is 2.10. The van der Waals surface area contributed by atoms with Gasteiger partial charge in [-0.05, 0) is 36.8 Å². The van der Waals surface area contributed by atoms with Crippen LogP contribution in [-0.4, -0.2) is 28.6 Å². The van der Waals surface area contributed by atoms with Crippen LogP contribution in [0.25, 0.3) is 0 Å². The molecule has 0 aromatic heterocycles. The summed E-state index contributed by atoms with van der Waals surface area (Å²) in [5.41, 5.74) is 0.398. The van der Waals surface area contributed by atoms with Crippen LogP contribution in [0.4, 0.5) is 10.1 Å². The van der Waals surface area contributed by atoms with Crippen LogP contribution in [-0.2, 0) is 0 Å². The highest BCUT2D eigenvalue weighted by atomic mass is 32.2. The minimum Gasteiger partial charge on any atom is -0.478 e. The summed E-state index contributed by atoms with van der Waals surface area (Å²) in [7, 11) is 0. The van der Waals surface area contributed by atoms with Gasteiger partial charge in [0.2, 0.25) is 0 Å². The fourth-order valence-corrected chi connectivity index (χ4v) is 2.94. The summed E-state index contributed by atoms with van der Waals surface area (Å²) in [6.45, 7) is 0. The maximum absolute atomic E-state index is 13.2. The Morgan fingerprint density at radius 1 is 1.53 bits per heavy atom. The number of hydrogen-bond acceptors (Lipinski definition) is 3. The molecule has 92 valence electrons. The molecule has 0 saturated carbocycles. The average Bonchev–Trinajstić information content (AvgIpc) is 2.32. The molecule has 17 heavy (non-hydrogen) atoms. The van der Waals surface area contributed by atoms with Gasteiger partial charge in [-0.15, -0.1) is 0 Å². The highest BCUT2D eigenvalue weighted by molar-refractivity contribution is 7.99. The first-order chi connectivity index (χ1) is 8.16. The number of halogens is 1. The first-order valence-electron chi connectivity index (χ1n) is 5.54. The number of hydrogen-bond donors (Lipinski definition) is 2. The van der Waals surface area contributed by atoms with E-state index in [1.807, 2.05) is 11.8 Å². The van der Waals surface area contributed by atoms with E-state index in [2.05, 4.69) is 5.32 Å². The van der Waals surface area contributed by atoms with Crippen molar-refractivity contribution in [2.75, 3.05) is 16.8 Å². The van der Waals surface area contributed by atoms with Gasteiger partial charge in [0, 0.05) is 17.5 Å². The summed E-state index contributed by atoms with van der Waals surface area (Å²) in [5, 5.41) is 12.1. The van der Waals surface area contributed by atoms with Crippen molar-refractivity contribution in [1.29, 1.82) is 0 Å². The van der Waals surface area contributed by atoms with E-state index in [-0.39, 0.29) is 5.56 Å². The van der Waals surface area contributed by atoms with E-state index < -0.39 is 11.8 Å². The molecule has 5 heteroatoms. The summed E-state index contributed by atoms with van der Waals surface area (Å²) in [6, 6.07) is 4.49. The normalized spacial score (nSPS) is 19.9. The maximum atomic E-state index is 13.2. The fraction of sp³-hybridized carbons (Fsp3) is 0.417. The van der Waals surface area contributed by atoms with Crippen molar-refractivity contribution in [2.24, 2.45) is 0 Å². The van der Waals surface area contributed by atoms with Gasteiger partial charge in [0.25, 0.3) is 0 Å². The molecule has 2 N–H and O–H groups in total. The van der Waals surface area contributed by atoms with Gasteiger partial charge in [-0.2, -0.15) is 11.8 Å². The summed E-state index contributed by atoms with van der Waals surface area (Å²) in [5.74, 6) is 0.270. The van der Waals surface area contributed by atoms with Crippen molar-refractivity contribution in [3.8, 4) is 0 Å². The van der Waals surface area contributed by atoms with Crippen molar-refractivity contribution < 1.29 is 14.3 Å². The molecular weight excluding hydrogens is 241 g/mol. The van der Waals surface area contributed by atoms with Crippen LogP contribution in [0.5, 0.6) is 0 Å². The Morgan fingerprint density at radius 2 is 2.35 bits per heavy atom. The largest absolute Gasteiger partial charge is 0.478 e. The molecule has 0 aliphatic carbocycles. The van der Waals surface area contributed by atoms with Gasteiger partial charge in [0.15, 0.2) is 0 Å². The van der Waals surface area contributed by atoms with Gasteiger partial charge < -0.3 is 10.4 Å². The van der Waals surface area contributed by atoms with E-state index in [0.717, 1.165) is 18.6 Å². The molecule has 1 fully saturated rings. The van der Waals surface area contributed by atoms with Gasteiger partial charge in [-0.25, -0.2) is 9.18 Å². The molecule has 1 aromatic rings. The lowest BCUT2D eigenvalue weighted by Gasteiger charge is -2.23. The third-order valence-corrected chi connectivity index (χ3v) is 3.94. The third kappa shape index (κ3) is 3.12. The Bertz CT molecular complexity index is 419. The van der Waals surface area contributed by atoms with E-state index in [0.29, 0.717) is 11.7 Å².